The number of anilines is 3. The molecule has 2 rings (SSSR count). The molecule has 0 radical (unpaired) electrons. The molecule has 0 amide bonds. The minimum absolute atomic E-state index is 0.0226. The molecule has 1 heterocycles. The summed E-state index contributed by atoms with van der Waals surface area (Å²) in [4.78, 5) is 17.4. The lowest BCUT2D eigenvalue weighted by atomic mass is 10.2. The van der Waals surface area contributed by atoms with Crippen LogP contribution in [0.15, 0.2) is 24.5 Å². The van der Waals surface area contributed by atoms with Crippen molar-refractivity contribution in [3.8, 4) is 5.75 Å². The number of nitrogens with zero attached hydrogens (tertiary/aromatic N) is 3. The first-order valence-electron chi connectivity index (χ1n) is 5.38. The van der Waals surface area contributed by atoms with Gasteiger partial charge in [-0.25, -0.2) is 14.4 Å². The predicted octanol–water partition coefficient (Wildman–Crippen LogP) is 1.86. The Bertz CT molecular complexity index is 665. The molecule has 0 saturated carbocycles. The van der Waals surface area contributed by atoms with E-state index in [1.165, 1.54) is 19.2 Å². The molecule has 0 aliphatic rings. The Morgan fingerprint density at radius 3 is 2.85 bits per heavy atom. The fraction of sp³-hybridized carbons (Fsp3) is 0.0909. The maximum atomic E-state index is 13.7. The number of nitrogens with one attached hydrogen (secondary N) is 1. The Balaban J connectivity index is 2.45. The van der Waals surface area contributed by atoms with Gasteiger partial charge >= 0.3 is 5.69 Å². The summed E-state index contributed by atoms with van der Waals surface area (Å²) in [6.07, 6.45) is 1.04. The van der Waals surface area contributed by atoms with Crippen LogP contribution in [0.25, 0.3) is 0 Å². The fourth-order valence-electron chi connectivity index (χ4n) is 1.52. The molecule has 104 valence electrons. The van der Waals surface area contributed by atoms with Gasteiger partial charge in [-0.3, -0.25) is 10.1 Å². The van der Waals surface area contributed by atoms with E-state index in [1.807, 2.05) is 0 Å². The van der Waals surface area contributed by atoms with Crippen LogP contribution in [0.2, 0.25) is 0 Å². The topological polar surface area (TPSA) is 116 Å². The lowest BCUT2D eigenvalue weighted by molar-refractivity contribution is -0.383. The van der Waals surface area contributed by atoms with E-state index in [2.05, 4.69) is 15.3 Å². The van der Waals surface area contributed by atoms with Crippen LogP contribution in [0.1, 0.15) is 0 Å². The summed E-state index contributed by atoms with van der Waals surface area (Å²) in [5.41, 5.74) is 4.88. The molecule has 2 aromatic rings. The van der Waals surface area contributed by atoms with Crippen molar-refractivity contribution in [2.24, 2.45) is 0 Å². The molecular weight excluding hydrogens is 269 g/mol. The molecule has 0 spiro atoms. The number of nitro groups is 1. The highest BCUT2D eigenvalue weighted by atomic mass is 19.1. The van der Waals surface area contributed by atoms with E-state index in [9.17, 15) is 14.5 Å². The molecule has 1 aromatic heterocycles. The van der Waals surface area contributed by atoms with Crippen molar-refractivity contribution in [1.82, 2.24) is 9.97 Å². The average Bonchev–Trinajstić information content (AvgIpc) is 2.41. The number of methoxy groups -OCH3 is 1. The molecule has 0 fully saturated rings. The first-order chi connectivity index (χ1) is 9.52. The smallest absolute Gasteiger partial charge is 0.353 e. The molecular formula is C11H10FN5O3. The van der Waals surface area contributed by atoms with E-state index in [-0.39, 0.29) is 17.3 Å². The van der Waals surface area contributed by atoms with Crippen LogP contribution in [0.5, 0.6) is 5.75 Å². The Morgan fingerprint density at radius 1 is 1.45 bits per heavy atom. The van der Waals surface area contributed by atoms with Crippen molar-refractivity contribution in [2.75, 3.05) is 18.2 Å². The Morgan fingerprint density at radius 2 is 2.20 bits per heavy atom. The number of ether oxygens (including phenoxy) is 1. The summed E-state index contributed by atoms with van der Waals surface area (Å²) in [6.45, 7) is 0. The molecule has 0 atom stereocenters. The Labute approximate surface area is 112 Å². The third-order valence-corrected chi connectivity index (χ3v) is 2.46. The number of aromatic nitrogens is 2. The Hall–Kier alpha value is -2.97. The van der Waals surface area contributed by atoms with Gasteiger partial charge in [0.05, 0.1) is 17.7 Å². The van der Waals surface area contributed by atoms with Crippen LogP contribution in [-0.2, 0) is 0 Å². The number of nitrogens with two attached hydrogens (primary N) is 1. The van der Waals surface area contributed by atoms with Crippen LogP contribution >= 0.6 is 0 Å². The number of rotatable bonds is 4. The zero-order valence-corrected chi connectivity index (χ0v) is 10.3. The maximum absolute atomic E-state index is 13.7. The minimum atomic E-state index is -0.740. The molecule has 0 bridgehead atoms. The van der Waals surface area contributed by atoms with Gasteiger partial charge in [0.1, 0.15) is 17.9 Å². The maximum Gasteiger partial charge on any atom is 0.353 e. The first-order valence-corrected chi connectivity index (χ1v) is 5.38. The van der Waals surface area contributed by atoms with Crippen molar-refractivity contribution in [3.05, 3.63) is 40.5 Å². The molecule has 3 N–H and O–H groups in total. The molecule has 0 aliphatic carbocycles. The molecule has 8 nitrogen and oxygen atoms in total. The van der Waals surface area contributed by atoms with E-state index in [4.69, 9.17) is 10.5 Å². The van der Waals surface area contributed by atoms with Crippen molar-refractivity contribution in [1.29, 1.82) is 0 Å². The van der Waals surface area contributed by atoms with Crippen LogP contribution < -0.4 is 15.8 Å². The van der Waals surface area contributed by atoms with E-state index in [1.54, 1.807) is 0 Å². The van der Waals surface area contributed by atoms with Crippen molar-refractivity contribution in [3.63, 3.8) is 0 Å². The zero-order valence-electron chi connectivity index (χ0n) is 10.3. The number of hydrogen-bond acceptors (Lipinski definition) is 7. The third-order valence-electron chi connectivity index (χ3n) is 2.46. The van der Waals surface area contributed by atoms with E-state index >= 15 is 0 Å². The largest absolute Gasteiger partial charge is 0.497 e. The lowest BCUT2D eigenvalue weighted by Gasteiger charge is -2.09. The monoisotopic (exact) mass is 279 g/mol. The molecule has 20 heavy (non-hydrogen) atoms. The second-order valence-corrected chi connectivity index (χ2v) is 3.68. The quantitative estimate of drug-likeness (QED) is 0.648. The lowest BCUT2D eigenvalue weighted by Crippen LogP contribution is -2.05. The standard InChI is InChI=1S/C11H10FN5O3/c1-20-6-2-3-7(12)8(4-6)16-11-9(17(18)19)10(13)14-5-15-11/h2-5H,1H3,(H3,13,14,15,16). The van der Waals surface area contributed by atoms with Crippen LogP contribution in [0, 0.1) is 15.9 Å². The number of halogens is 1. The zero-order chi connectivity index (χ0) is 14.7. The van der Waals surface area contributed by atoms with Crippen LogP contribution in [-0.4, -0.2) is 22.0 Å². The summed E-state index contributed by atoms with van der Waals surface area (Å²) in [5.74, 6) is -0.735. The highest BCUT2D eigenvalue weighted by Gasteiger charge is 2.21. The van der Waals surface area contributed by atoms with Gasteiger partial charge in [-0.05, 0) is 12.1 Å². The van der Waals surface area contributed by atoms with Gasteiger partial charge < -0.3 is 15.8 Å². The van der Waals surface area contributed by atoms with Gasteiger partial charge in [-0.1, -0.05) is 0 Å². The number of nitrogen functional groups attached to an aromatic ring is 1. The van der Waals surface area contributed by atoms with Gasteiger partial charge in [0.2, 0.25) is 11.6 Å². The summed E-state index contributed by atoms with van der Waals surface area (Å²) in [7, 11) is 1.42. The van der Waals surface area contributed by atoms with Gasteiger partial charge in [-0.2, -0.15) is 0 Å². The van der Waals surface area contributed by atoms with E-state index < -0.39 is 16.4 Å². The van der Waals surface area contributed by atoms with Crippen LogP contribution in [0.4, 0.5) is 27.4 Å². The first kappa shape index (κ1) is 13.5. The minimum Gasteiger partial charge on any atom is -0.497 e. The van der Waals surface area contributed by atoms with Crippen molar-refractivity contribution < 1.29 is 14.1 Å². The highest BCUT2D eigenvalue weighted by Crippen LogP contribution is 2.31. The fourth-order valence-corrected chi connectivity index (χ4v) is 1.52. The summed E-state index contributed by atoms with van der Waals surface area (Å²) in [5, 5.41) is 13.4. The van der Waals surface area contributed by atoms with Crippen molar-refractivity contribution in [2.45, 2.75) is 0 Å². The SMILES string of the molecule is COc1ccc(F)c(Nc2ncnc(N)c2[N+](=O)[O-])c1. The highest BCUT2D eigenvalue weighted by molar-refractivity contribution is 5.72. The van der Waals surface area contributed by atoms with Gasteiger partial charge in [0.25, 0.3) is 0 Å². The summed E-state index contributed by atoms with van der Waals surface area (Å²) < 4.78 is 18.6. The van der Waals surface area contributed by atoms with Gasteiger partial charge in [0, 0.05) is 6.07 Å². The number of benzene rings is 1. The van der Waals surface area contributed by atoms with Gasteiger partial charge in [0.15, 0.2) is 0 Å². The second-order valence-electron chi connectivity index (χ2n) is 3.68. The summed E-state index contributed by atoms with van der Waals surface area (Å²) in [6, 6.07) is 3.93. The normalized spacial score (nSPS) is 10.1. The third kappa shape index (κ3) is 2.55. The average molecular weight is 279 g/mol. The molecule has 0 saturated heterocycles. The van der Waals surface area contributed by atoms with Gasteiger partial charge in [-0.15, -0.1) is 0 Å². The molecule has 9 heteroatoms. The van der Waals surface area contributed by atoms with E-state index in [0.717, 1.165) is 12.4 Å². The predicted molar refractivity (Wildman–Crippen MR) is 69.3 cm³/mol. The molecule has 0 unspecified atom stereocenters. The summed E-state index contributed by atoms with van der Waals surface area (Å²) >= 11 is 0. The van der Waals surface area contributed by atoms with Crippen LogP contribution in [0.3, 0.4) is 0 Å². The Kier molecular flexibility index (Phi) is 3.60. The number of hydrogen-bond donors (Lipinski definition) is 2. The molecule has 0 aliphatic heterocycles. The van der Waals surface area contributed by atoms with E-state index in [0.29, 0.717) is 5.75 Å². The second kappa shape index (κ2) is 5.34. The molecule has 1 aromatic carbocycles. The van der Waals surface area contributed by atoms with Crippen molar-refractivity contribution >= 4 is 23.0 Å².